The third-order valence-corrected chi connectivity index (χ3v) is 2.73. The van der Waals surface area contributed by atoms with Crippen molar-refractivity contribution in [1.82, 2.24) is 4.90 Å². The molecule has 1 aromatic carbocycles. The Kier molecular flexibility index (Phi) is 4.80. The molecule has 0 atom stereocenters. The lowest BCUT2D eigenvalue weighted by atomic mass is 10.2. The number of carbonyl (C=O) groups excluding carboxylic acids is 1. The van der Waals surface area contributed by atoms with E-state index in [1.54, 1.807) is 11.9 Å². The highest BCUT2D eigenvalue weighted by atomic mass is 32.1. The third-order valence-electron chi connectivity index (χ3n) is 2.39. The smallest absolute Gasteiger partial charge is 0.253 e. The fourth-order valence-electron chi connectivity index (χ4n) is 1.36. The van der Waals surface area contributed by atoms with Gasteiger partial charge in [-0.1, -0.05) is 13.3 Å². The first-order chi connectivity index (χ1) is 7.56. The fourth-order valence-corrected chi connectivity index (χ4v) is 1.58. The van der Waals surface area contributed by atoms with Crippen LogP contribution in [-0.2, 0) is 0 Å². The summed E-state index contributed by atoms with van der Waals surface area (Å²) in [5.74, 6) is -0.500. The molecule has 0 fully saturated rings. The largest absolute Gasteiger partial charge is 0.342 e. The predicted octanol–water partition coefficient (Wildman–Crippen LogP) is 2.99. The summed E-state index contributed by atoms with van der Waals surface area (Å²) in [7, 11) is 1.75. The lowest BCUT2D eigenvalue weighted by Crippen LogP contribution is -2.27. The van der Waals surface area contributed by atoms with Gasteiger partial charge in [-0.05, 0) is 24.6 Å². The first-order valence-corrected chi connectivity index (χ1v) is 5.75. The zero-order chi connectivity index (χ0) is 12.1. The van der Waals surface area contributed by atoms with E-state index in [2.05, 4.69) is 19.6 Å². The normalized spacial score (nSPS) is 10.2. The monoisotopic (exact) mass is 241 g/mol. The van der Waals surface area contributed by atoms with Crippen LogP contribution in [-0.4, -0.2) is 24.4 Å². The highest BCUT2D eigenvalue weighted by Gasteiger charge is 2.12. The Morgan fingerprint density at radius 1 is 1.50 bits per heavy atom. The zero-order valence-corrected chi connectivity index (χ0v) is 10.4. The molecule has 0 aliphatic heterocycles. The van der Waals surface area contributed by atoms with Crippen LogP contribution in [0.15, 0.2) is 23.1 Å². The molecule has 0 N–H and O–H groups in total. The van der Waals surface area contributed by atoms with Gasteiger partial charge in [0.2, 0.25) is 0 Å². The minimum Gasteiger partial charge on any atom is -0.342 e. The Bertz CT molecular complexity index is 381. The van der Waals surface area contributed by atoms with Crippen LogP contribution in [0.25, 0.3) is 0 Å². The summed E-state index contributed by atoms with van der Waals surface area (Å²) in [6, 6.07) is 4.21. The molecule has 0 radical (unpaired) electrons. The molecule has 0 unspecified atom stereocenters. The fraction of sp³-hybridized carbons (Fsp3) is 0.417. The molecule has 2 nitrogen and oxygen atoms in total. The summed E-state index contributed by atoms with van der Waals surface area (Å²) in [5, 5.41) is 0. The number of rotatable bonds is 4. The van der Waals surface area contributed by atoms with Gasteiger partial charge in [0.1, 0.15) is 5.82 Å². The number of unbranched alkanes of at least 4 members (excludes halogenated alkanes) is 1. The van der Waals surface area contributed by atoms with Crippen LogP contribution in [0.5, 0.6) is 0 Å². The van der Waals surface area contributed by atoms with Crippen molar-refractivity contribution in [2.75, 3.05) is 13.6 Å². The average Bonchev–Trinajstić information content (AvgIpc) is 2.28. The summed E-state index contributed by atoms with van der Waals surface area (Å²) in [6.45, 7) is 2.79. The van der Waals surface area contributed by atoms with Crippen LogP contribution in [0.4, 0.5) is 4.39 Å². The molecule has 0 aromatic heterocycles. The topological polar surface area (TPSA) is 20.3 Å². The Labute approximate surface area is 101 Å². The van der Waals surface area contributed by atoms with Crippen LogP contribution >= 0.6 is 12.6 Å². The molecule has 0 saturated heterocycles. The number of halogens is 1. The number of nitrogens with zero attached hydrogens (tertiary/aromatic N) is 1. The molecule has 1 rings (SSSR count). The van der Waals surface area contributed by atoms with Crippen molar-refractivity contribution < 1.29 is 9.18 Å². The molecule has 0 bridgehead atoms. The van der Waals surface area contributed by atoms with Gasteiger partial charge in [0.25, 0.3) is 5.91 Å². The number of amides is 1. The molecule has 1 aromatic rings. The van der Waals surface area contributed by atoms with Gasteiger partial charge in [0.15, 0.2) is 0 Å². The number of hydrogen-bond donors (Lipinski definition) is 1. The van der Waals surface area contributed by atoms with Crippen LogP contribution in [0, 0.1) is 5.82 Å². The standard InChI is InChI=1S/C12H16FNOS/c1-3-4-7-14(2)12(15)9-5-6-10(13)11(16)8-9/h5-6,8,16H,3-4,7H2,1-2H3. The van der Waals surface area contributed by atoms with Gasteiger partial charge in [-0.3, -0.25) is 4.79 Å². The van der Waals surface area contributed by atoms with Gasteiger partial charge in [0.05, 0.1) is 0 Å². The van der Waals surface area contributed by atoms with Gasteiger partial charge in [-0.15, -0.1) is 12.6 Å². The molecular formula is C12H16FNOS. The minimum absolute atomic E-state index is 0.0937. The number of hydrogen-bond acceptors (Lipinski definition) is 2. The lowest BCUT2D eigenvalue weighted by molar-refractivity contribution is 0.0793. The molecule has 0 spiro atoms. The Morgan fingerprint density at radius 3 is 2.75 bits per heavy atom. The van der Waals surface area contributed by atoms with Crippen LogP contribution in [0.1, 0.15) is 30.1 Å². The molecular weight excluding hydrogens is 225 g/mol. The summed E-state index contributed by atoms with van der Waals surface area (Å²) in [6.07, 6.45) is 2.01. The quantitative estimate of drug-likeness (QED) is 0.803. The predicted molar refractivity (Wildman–Crippen MR) is 65.5 cm³/mol. The second kappa shape index (κ2) is 5.89. The van der Waals surface area contributed by atoms with E-state index in [0.717, 1.165) is 12.8 Å². The van der Waals surface area contributed by atoms with E-state index in [1.807, 2.05) is 0 Å². The van der Waals surface area contributed by atoms with E-state index in [-0.39, 0.29) is 10.8 Å². The molecule has 88 valence electrons. The van der Waals surface area contributed by atoms with Gasteiger partial charge in [-0.2, -0.15) is 0 Å². The average molecular weight is 241 g/mol. The van der Waals surface area contributed by atoms with Gasteiger partial charge < -0.3 is 4.90 Å². The van der Waals surface area contributed by atoms with Crippen molar-refractivity contribution >= 4 is 18.5 Å². The van der Waals surface area contributed by atoms with Gasteiger partial charge in [0, 0.05) is 24.1 Å². The van der Waals surface area contributed by atoms with Crippen molar-refractivity contribution in [3.8, 4) is 0 Å². The molecule has 4 heteroatoms. The highest BCUT2D eigenvalue weighted by Crippen LogP contribution is 2.15. The summed E-state index contributed by atoms with van der Waals surface area (Å²) < 4.78 is 13.0. The van der Waals surface area contributed by atoms with E-state index in [1.165, 1.54) is 18.2 Å². The molecule has 0 saturated carbocycles. The number of benzene rings is 1. The first kappa shape index (κ1) is 13.0. The number of thiol groups is 1. The Balaban J connectivity index is 2.76. The minimum atomic E-state index is -0.406. The van der Waals surface area contributed by atoms with Gasteiger partial charge in [-0.25, -0.2) is 4.39 Å². The van der Waals surface area contributed by atoms with Crippen LogP contribution in [0.3, 0.4) is 0 Å². The van der Waals surface area contributed by atoms with E-state index in [4.69, 9.17) is 0 Å². The third kappa shape index (κ3) is 3.23. The van der Waals surface area contributed by atoms with Crippen LogP contribution < -0.4 is 0 Å². The molecule has 0 heterocycles. The second-order valence-corrected chi connectivity index (χ2v) is 4.23. The Hall–Kier alpha value is -1.03. The van der Waals surface area contributed by atoms with Gasteiger partial charge >= 0.3 is 0 Å². The van der Waals surface area contributed by atoms with Crippen molar-refractivity contribution in [2.45, 2.75) is 24.7 Å². The SMILES string of the molecule is CCCCN(C)C(=O)c1ccc(F)c(S)c1. The molecule has 16 heavy (non-hydrogen) atoms. The summed E-state index contributed by atoms with van der Waals surface area (Å²) in [5.41, 5.74) is 0.477. The highest BCUT2D eigenvalue weighted by molar-refractivity contribution is 7.80. The van der Waals surface area contributed by atoms with Crippen LogP contribution in [0.2, 0.25) is 0 Å². The molecule has 1 amide bonds. The maximum Gasteiger partial charge on any atom is 0.253 e. The van der Waals surface area contributed by atoms with E-state index < -0.39 is 5.82 Å². The van der Waals surface area contributed by atoms with E-state index in [0.29, 0.717) is 12.1 Å². The van der Waals surface area contributed by atoms with Crippen molar-refractivity contribution in [3.05, 3.63) is 29.6 Å². The van der Waals surface area contributed by atoms with Crippen molar-refractivity contribution in [2.24, 2.45) is 0 Å². The maximum atomic E-state index is 13.0. The summed E-state index contributed by atoms with van der Waals surface area (Å²) in [4.78, 5) is 13.7. The zero-order valence-electron chi connectivity index (χ0n) is 9.53. The second-order valence-electron chi connectivity index (χ2n) is 3.75. The van der Waals surface area contributed by atoms with E-state index in [9.17, 15) is 9.18 Å². The molecule has 0 aliphatic carbocycles. The molecule has 0 aliphatic rings. The number of carbonyl (C=O) groups is 1. The maximum absolute atomic E-state index is 13.0. The first-order valence-electron chi connectivity index (χ1n) is 5.30. The van der Waals surface area contributed by atoms with Crippen molar-refractivity contribution in [1.29, 1.82) is 0 Å². The summed E-state index contributed by atoms with van der Waals surface area (Å²) >= 11 is 3.96. The lowest BCUT2D eigenvalue weighted by Gasteiger charge is -2.16. The van der Waals surface area contributed by atoms with Crippen molar-refractivity contribution in [3.63, 3.8) is 0 Å². The Morgan fingerprint density at radius 2 is 2.19 bits per heavy atom. The van der Waals surface area contributed by atoms with E-state index >= 15 is 0 Å².